The average molecular weight is 188 g/mol. The molecule has 0 aliphatic heterocycles. The largest absolute Gasteiger partial charge is 0.322 e. The predicted molar refractivity (Wildman–Crippen MR) is 50.6 cm³/mol. The highest BCUT2D eigenvalue weighted by Crippen LogP contribution is 2.15. The first-order chi connectivity index (χ1) is 5.66. The third-order valence-electron chi connectivity index (χ3n) is 1.88. The summed E-state index contributed by atoms with van der Waals surface area (Å²) >= 11 is 5.96. The first-order valence-corrected chi connectivity index (χ1v) is 4.37. The van der Waals surface area contributed by atoms with Crippen molar-refractivity contribution in [1.29, 1.82) is 0 Å². The van der Waals surface area contributed by atoms with Crippen molar-refractivity contribution in [3.05, 3.63) is 16.7 Å². The van der Waals surface area contributed by atoms with E-state index in [4.69, 9.17) is 11.6 Å². The molecule has 0 unspecified atom stereocenters. The maximum absolute atomic E-state index is 5.96. The van der Waals surface area contributed by atoms with Crippen molar-refractivity contribution >= 4 is 11.6 Å². The van der Waals surface area contributed by atoms with Crippen LogP contribution in [0.1, 0.15) is 11.5 Å². The second-order valence-corrected chi connectivity index (χ2v) is 3.17. The molecule has 0 saturated carbocycles. The summed E-state index contributed by atoms with van der Waals surface area (Å²) in [4.78, 5) is 4.34. The molecule has 0 atom stereocenters. The van der Waals surface area contributed by atoms with E-state index >= 15 is 0 Å². The lowest BCUT2D eigenvalue weighted by molar-refractivity contribution is 0.718. The fraction of sp³-hybridized carbons (Fsp3) is 0.625. The molecule has 4 heteroatoms. The lowest BCUT2D eigenvalue weighted by Gasteiger charge is -2.00. The molecule has 0 aliphatic rings. The Morgan fingerprint density at radius 1 is 1.58 bits per heavy atom. The van der Waals surface area contributed by atoms with Gasteiger partial charge in [-0.3, -0.25) is 0 Å². The number of nitrogens with one attached hydrogen (secondary N) is 1. The number of nitrogens with zero attached hydrogens (tertiary/aromatic N) is 2. The van der Waals surface area contributed by atoms with Gasteiger partial charge in [-0.25, -0.2) is 4.98 Å². The molecule has 1 rings (SSSR count). The zero-order chi connectivity index (χ0) is 9.14. The van der Waals surface area contributed by atoms with E-state index in [1.54, 1.807) is 0 Å². The predicted octanol–water partition coefficient (Wildman–Crippen LogP) is 1.14. The number of rotatable bonds is 3. The monoisotopic (exact) mass is 187 g/mol. The molecule has 0 amide bonds. The molecule has 0 bridgehead atoms. The molecule has 0 fully saturated rings. The van der Waals surface area contributed by atoms with Crippen molar-refractivity contribution in [2.24, 2.45) is 7.05 Å². The molecule has 0 spiro atoms. The van der Waals surface area contributed by atoms with Crippen LogP contribution in [0.3, 0.4) is 0 Å². The highest BCUT2D eigenvalue weighted by molar-refractivity contribution is 6.30. The van der Waals surface area contributed by atoms with Gasteiger partial charge in [-0.05, 0) is 14.0 Å². The van der Waals surface area contributed by atoms with Crippen molar-refractivity contribution in [3.8, 4) is 0 Å². The van der Waals surface area contributed by atoms with Crippen molar-refractivity contribution in [3.63, 3.8) is 0 Å². The molecular weight excluding hydrogens is 174 g/mol. The third-order valence-corrected chi connectivity index (χ3v) is 2.40. The van der Waals surface area contributed by atoms with Gasteiger partial charge in [-0.2, -0.15) is 0 Å². The SMILES string of the molecule is CNCCc1nc(C)c(Cl)n1C. The topological polar surface area (TPSA) is 29.9 Å². The van der Waals surface area contributed by atoms with Crippen LogP contribution in [0.15, 0.2) is 0 Å². The summed E-state index contributed by atoms with van der Waals surface area (Å²) < 4.78 is 1.92. The van der Waals surface area contributed by atoms with Crippen LogP contribution in [0.2, 0.25) is 5.15 Å². The summed E-state index contributed by atoms with van der Waals surface area (Å²) in [7, 11) is 3.87. The van der Waals surface area contributed by atoms with E-state index < -0.39 is 0 Å². The fourth-order valence-corrected chi connectivity index (χ4v) is 1.27. The van der Waals surface area contributed by atoms with E-state index in [0.717, 1.165) is 29.6 Å². The number of likely N-dealkylation sites (N-methyl/N-ethyl adjacent to an activating group) is 1. The van der Waals surface area contributed by atoms with Crippen LogP contribution in [-0.4, -0.2) is 23.1 Å². The summed E-state index contributed by atoms with van der Waals surface area (Å²) in [5, 5.41) is 3.81. The summed E-state index contributed by atoms with van der Waals surface area (Å²) in [6.45, 7) is 2.85. The number of imidazole rings is 1. The first kappa shape index (κ1) is 9.55. The molecule has 1 N–H and O–H groups in total. The highest BCUT2D eigenvalue weighted by Gasteiger charge is 2.07. The second kappa shape index (κ2) is 3.92. The maximum atomic E-state index is 5.96. The maximum Gasteiger partial charge on any atom is 0.131 e. The Morgan fingerprint density at radius 2 is 2.25 bits per heavy atom. The van der Waals surface area contributed by atoms with Crippen molar-refractivity contribution in [2.45, 2.75) is 13.3 Å². The Labute approximate surface area is 77.7 Å². The van der Waals surface area contributed by atoms with Crippen LogP contribution < -0.4 is 5.32 Å². The highest BCUT2D eigenvalue weighted by atomic mass is 35.5. The van der Waals surface area contributed by atoms with Crippen LogP contribution >= 0.6 is 11.6 Å². The van der Waals surface area contributed by atoms with Gasteiger partial charge in [0.15, 0.2) is 0 Å². The van der Waals surface area contributed by atoms with Gasteiger partial charge in [0, 0.05) is 20.0 Å². The van der Waals surface area contributed by atoms with E-state index in [-0.39, 0.29) is 0 Å². The normalized spacial score (nSPS) is 10.7. The fourth-order valence-electron chi connectivity index (χ4n) is 1.13. The van der Waals surface area contributed by atoms with Crippen LogP contribution in [-0.2, 0) is 13.5 Å². The molecule has 1 heterocycles. The van der Waals surface area contributed by atoms with Gasteiger partial charge < -0.3 is 9.88 Å². The van der Waals surface area contributed by atoms with Gasteiger partial charge >= 0.3 is 0 Å². The van der Waals surface area contributed by atoms with E-state index in [2.05, 4.69) is 10.3 Å². The Bertz CT molecular complexity index is 268. The first-order valence-electron chi connectivity index (χ1n) is 3.99. The number of hydrogen-bond acceptors (Lipinski definition) is 2. The molecular formula is C8H14ClN3. The van der Waals surface area contributed by atoms with E-state index in [0.29, 0.717) is 0 Å². The zero-order valence-electron chi connectivity index (χ0n) is 7.69. The van der Waals surface area contributed by atoms with E-state index in [1.165, 1.54) is 0 Å². The van der Waals surface area contributed by atoms with Gasteiger partial charge in [0.25, 0.3) is 0 Å². The van der Waals surface area contributed by atoms with Crippen LogP contribution in [0, 0.1) is 6.92 Å². The minimum absolute atomic E-state index is 0.737. The molecule has 3 nitrogen and oxygen atoms in total. The molecule has 1 aromatic heterocycles. The molecule has 0 aliphatic carbocycles. The zero-order valence-corrected chi connectivity index (χ0v) is 8.44. The average Bonchev–Trinajstić information content (AvgIpc) is 2.30. The minimum Gasteiger partial charge on any atom is -0.322 e. The minimum atomic E-state index is 0.737. The molecule has 0 radical (unpaired) electrons. The Hall–Kier alpha value is -0.540. The molecule has 0 saturated heterocycles. The summed E-state index contributed by atoms with van der Waals surface area (Å²) in [5.41, 5.74) is 0.908. The number of halogens is 1. The molecule has 68 valence electrons. The third kappa shape index (κ3) is 1.79. The van der Waals surface area contributed by atoms with E-state index in [1.807, 2.05) is 25.6 Å². The van der Waals surface area contributed by atoms with Crippen LogP contribution in [0.5, 0.6) is 0 Å². The smallest absolute Gasteiger partial charge is 0.131 e. The Balaban J connectivity index is 2.79. The van der Waals surface area contributed by atoms with Crippen LogP contribution in [0.4, 0.5) is 0 Å². The van der Waals surface area contributed by atoms with Gasteiger partial charge in [-0.15, -0.1) is 0 Å². The Morgan fingerprint density at radius 3 is 2.67 bits per heavy atom. The lowest BCUT2D eigenvalue weighted by atomic mass is 10.4. The molecule has 1 aromatic rings. The molecule has 0 aromatic carbocycles. The lowest BCUT2D eigenvalue weighted by Crippen LogP contribution is -2.13. The van der Waals surface area contributed by atoms with E-state index in [9.17, 15) is 0 Å². The van der Waals surface area contributed by atoms with Gasteiger partial charge in [-0.1, -0.05) is 11.6 Å². The summed E-state index contributed by atoms with van der Waals surface area (Å²) in [5.74, 6) is 1.03. The molecule has 12 heavy (non-hydrogen) atoms. The summed E-state index contributed by atoms with van der Waals surface area (Å²) in [6.07, 6.45) is 0.917. The van der Waals surface area contributed by atoms with Gasteiger partial charge in [0.05, 0.1) is 5.69 Å². The van der Waals surface area contributed by atoms with Gasteiger partial charge in [0.1, 0.15) is 11.0 Å². The standard InChI is InChI=1S/C8H14ClN3/c1-6-8(9)12(3)7(11-6)4-5-10-2/h10H,4-5H2,1-3H3. The van der Waals surface area contributed by atoms with Gasteiger partial charge in [0.2, 0.25) is 0 Å². The number of hydrogen-bond donors (Lipinski definition) is 1. The van der Waals surface area contributed by atoms with Crippen molar-refractivity contribution in [1.82, 2.24) is 14.9 Å². The number of aromatic nitrogens is 2. The Kier molecular flexibility index (Phi) is 3.12. The number of aryl methyl sites for hydroxylation is 1. The van der Waals surface area contributed by atoms with Crippen molar-refractivity contribution in [2.75, 3.05) is 13.6 Å². The second-order valence-electron chi connectivity index (χ2n) is 2.82. The summed E-state index contributed by atoms with van der Waals surface area (Å²) in [6, 6.07) is 0. The van der Waals surface area contributed by atoms with Crippen LogP contribution in [0.25, 0.3) is 0 Å². The van der Waals surface area contributed by atoms with Crippen molar-refractivity contribution < 1.29 is 0 Å². The quantitative estimate of drug-likeness (QED) is 0.770.